The number of halogens is 2. The Morgan fingerprint density at radius 2 is 1.87 bits per heavy atom. The molecule has 2 N–H and O–H groups in total. The van der Waals surface area contributed by atoms with Crippen LogP contribution in [0.15, 0.2) is 24.3 Å². The molecule has 0 unspecified atom stereocenters. The molecule has 0 fully saturated rings. The average Bonchev–Trinajstić information content (AvgIpc) is 2.61. The predicted molar refractivity (Wildman–Crippen MR) is 58.8 cm³/mol. The molecule has 0 aliphatic rings. The number of hydrogen-bond donors (Lipinski definition) is 1. The highest BCUT2D eigenvalue weighted by Gasteiger charge is 2.13. The SMILES string of the molecule is Cc1ccc(-c2ccc(F)c(N)c2F)s1. The summed E-state index contributed by atoms with van der Waals surface area (Å²) in [4.78, 5) is 1.84. The summed E-state index contributed by atoms with van der Waals surface area (Å²) >= 11 is 1.45. The largest absolute Gasteiger partial charge is 0.394 e. The van der Waals surface area contributed by atoms with Gasteiger partial charge in [-0.3, -0.25) is 0 Å². The molecule has 1 aromatic heterocycles. The van der Waals surface area contributed by atoms with E-state index in [1.165, 1.54) is 23.5 Å². The molecule has 1 aromatic carbocycles. The van der Waals surface area contributed by atoms with Crippen LogP contribution in [0.2, 0.25) is 0 Å². The van der Waals surface area contributed by atoms with Crippen molar-refractivity contribution < 1.29 is 8.78 Å². The van der Waals surface area contributed by atoms with Gasteiger partial charge in [0.15, 0.2) is 5.82 Å². The summed E-state index contributed by atoms with van der Waals surface area (Å²) in [6, 6.07) is 6.28. The molecular weight excluding hydrogens is 216 g/mol. The Morgan fingerprint density at radius 1 is 1.13 bits per heavy atom. The molecule has 1 nitrogen and oxygen atoms in total. The summed E-state index contributed by atoms with van der Waals surface area (Å²) in [5.74, 6) is -1.40. The minimum absolute atomic E-state index is 0.354. The third-order valence-corrected chi connectivity index (χ3v) is 3.17. The number of aryl methyl sites for hydroxylation is 1. The monoisotopic (exact) mass is 225 g/mol. The van der Waals surface area contributed by atoms with Gasteiger partial charge in [-0.2, -0.15) is 0 Å². The topological polar surface area (TPSA) is 26.0 Å². The molecule has 0 aliphatic heterocycles. The average molecular weight is 225 g/mol. The number of benzene rings is 1. The first-order chi connectivity index (χ1) is 7.09. The van der Waals surface area contributed by atoms with Crippen LogP contribution in [0.3, 0.4) is 0 Å². The summed E-state index contributed by atoms with van der Waals surface area (Å²) in [6.07, 6.45) is 0. The molecule has 0 aliphatic carbocycles. The van der Waals surface area contributed by atoms with Crippen LogP contribution >= 0.6 is 11.3 Å². The lowest BCUT2D eigenvalue weighted by atomic mass is 10.1. The Balaban J connectivity index is 2.59. The van der Waals surface area contributed by atoms with Gasteiger partial charge in [-0.1, -0.05) is 0 Å². The van der Waals surface area contributed by atoms with Gasteiger partial charge in [0, 0.05) is 15.3 Å². The number of anilines is 1. The highest BCUT2D eigenvalue weighted by molar-refractivity contribution is 7.15. The highest BCUT2D eigenvalue weighted by atomic mass is 32.1. The smallest absolute Gasteiger partial charge is 0.157 e. The standard InChI is InChI=1S/C11H9F2NS/c1-6-2-5-9(15-6)7-3-4-8(12)11(14)10(7)13/h2-5H,14H2,1H3. The second-order valence-electron chi connectivity index (χ2n) is 3.23. The molecule has 1 heterocycles. The Bertz CT molecular complexity index is 505. The third-order valence-electron chi connectivity index (χ3n) is 2.13. The van der Waals surface area contributed by atoms with Crippen molar-refractivity contribution in [1.82, 2.24) is 0 Å². The van der Waals surface area contributed by atoms with Gasteiger partial charge in [0.25, 0.3) is 0 Å². The molecule has 4 heteroatoms. The molecule has 0 amide bonds. The van der Waals surface area contributed by atoms with Gasteiger partial charge in [0.2, 0.25) is 0 Å². The van der Waals surface area contributed by atoms with E-state index in [2.05, 4.69) is 0 Å². The van der Waals surface area contributed by atoms with Crippen molar-refractivity contribution in [1.29, 1.82) is 0 Å². The van der Waals surface area contributed by atoms with E-state index in [1.54, 1.807) is 6.07 Å². The third kappa shape index (κ3) is 1.72. The van der Waals surface area contributed by atoms with Crippen LogP contribution < -0.4 is 5.73 Å². The molecule has 0 spiro atoms. The predicted octanol–water partition coefficient (Wildman–Crippen LogP) is 3.58. The fraction of sp³-hybridized carbons (Fsp3) is 0.0909. The second kappa shape index (κ2) is 3.62. The summed E-state index contributed by atoms with van der Waals surface area (Å²) in [5.41, 5.74) is 5.22. The highest BCUT2D eigenvalue weighted by Crippen LogP contribution is 2.32. The maximum Gasteiger partial charge on any atom is 0.157 e. The lowest BCUT2D eigenvalue weighted by Gasteiger charge is -2.03. The summed E-state index contributed by atoms with van der Waals surface area (Å²) in [5, 5.41) is 0. The molecular formula is C11H9F2NS. The van der Waals surface area contributed by atoms with Gasteiger partial charge in [-0.25, -0.2) is 8.78 Å². The molecule has 0 radical (unpaired) electrons. The Labute approximate surface area is 90.2 Å². The zero-order valence-electron chi connectivity index (χ0n) is 8.05. The summed E-state index contributed by atoms with van der Waals surface area (Å²) in [7, 11) is 0. The van der Waals surface area contributed by atoms with Crippen molar-refractivity contribution in [3.63, 3.8) is 0 Å². The Kier molecular flexibility index (Phi) is 2.44. The number of nitrogens with two attached hydrogens (primary N) is 1. The van der Waals surface area contributed by atoms with E-state index in [-0.39, 0.29) is 0 Å². The fourth-order valence-electron chi connectivity index (χ4n) is 1.34. The normalized spacial score (nSPS) is 10.6. The van der Waals surface area contributed by atoms with Crippen molar-refractivity contribution in [3.05, 3.63) is 40.8 Å². The van der Waals surface area contributed by atoms with Crippen molar-refractivity contribution in [2.24, 2.45) is 0 Å². The molecule has 0 bridgehead atoms. The first-order valence-electron chi connectivity index (χ1n) is 4.40. The van der Waals surface area contributed by atoms with Gasteiger partial charge in [0.1, 0.15) is 11.5 Å². The maximum atomic E-state index is 13.6. The summed E-state index contributed by atoms with van der Waals surface area (Å²) in [6.45, 7) is 1.93. The van der Waals surface area contributed by atoms with E-state index in [0.29, 0.717) is 5.56 Å². The number of rotatable bonds is 1. The van der Waals surface area contributed by atoms with Crippen LogP contribution in [-0.2, 0) is 0 Å². The lowest BCUT2D eigenvalue weighted by molar-refractivity contribution is 0.594. The maximum absolute atomic E-state index is 13.6. The van der Waals surface area contributed by atoms with Crippen LogP contribution in [0.25, 0.3) is 10.4 Å². The number of hydrogen-bond acceptors (Lipinski definition) is 2. The van der Waals surface area contributed by atoms with E-state index >= 15 is 0 Å². The second-order valence-corrected chi connectivity index (χ2v) is 4.52. The Hall–Kier alpha value is -1.42. The zero-order valence-corrected chi connectivity index (χ0v) is 8.87. The van der Waals surface area contributed by atoms with E-state index in [0.717, 1.165) is 9.75 Å². The first-order valence-corrected chi connectivity index (χ1v) is 5.21. The minimum atomic E-state index is -0.718. The minimum Gasteiger partial charge on any atom is -0.394 e. The lowest BCUT2D eigenvalue weighted by Crippen LogP contribution is -1.96. The van der Waals surface area contributed by atoms with Gasteiger partial charge in [0.05, 0.1) is 0 Å². The van der Waals surface area contributed by atoms with Crippen LogP contribution in [-0.4, -0.2) is 0 Å². The zero-order chi connectivity index (χ0) is 11.0. The van der Waals surface area contributed by atoms with E-state index < -0.39 is 17.3 Å². The Morgan fingerprint density at radius 3 is 2.47 bits per heavy atom. The molecule has 0 saturated heterocycles. The quantitative estimate of drug-likeness (QED) is 0.737. The van der Waals surface area contributed by atoms with Crippen molar-refractivity contribution in [2.45, 2.75) is 6.92 Å². The van der Waals surface area contributed by atoms with Crippen molar-refractivity contribution in [2.75, 3.05) is 5.73 Å². The van der Waals surface area contributed by atoms with E-state index in [4.69, 9.17) is 5.73 Å². The molecule has 2 aromatic rings. The van der Waals surface area contributed by atoms with Gasteiger partial charge in [-0.05, 0) is 31.2 Å². The van der Waals surface area contributed by atoms with E-state index in [1.807, 2.05) is 13.0 Å². The van der Waals surface area contributed by atoms with Crippen LogP contribution in [0.5, 0.6) is 0 Å². The number of nitrogen functional groups attached to an aromatic ring is 1. The van der Waals surface area contributed by atoms with Crippen LogP contribution in [0.1, 0.15) is 4.88 Å². The molecule has 0 saturated carbocycles. The van der Waals surface area contributed by atoms with Gasteiger partial charge >= 0.3 is 0 Å². The molecule has 2 rings (SSSR count). The van der Waals surface area contributed by atoms with Gasteiger partial charge < -0.3 is 5.73 Å². The fourth-order valence-corrected chi connectivity index (χ4v) is 2.23. The summed E-state index contributed by atoms with van der Waals surface area (Å²) < 4.78 is 26.5. The van der Waals surface area contributed by atoms with E-state index in [9.17, 15) is 8.78 Å². The van der Waals surface area contributed by atoms with Crippen molar-refractivity contribution >= 4 is 17.0 Å². The molecule has 78 valence electrons. The van der Waals surface area contributed by atoms with Crippen molar-refractivity contribution in [3.8, 4) is 10.4 Å². The van der Waals surface area contributed by atoms with Crippen LogP contribution in [0.4, 0.5) is 14.5 Å². The van der Waals surface area contributed by atoms with Crippen LogP contribution in [0, 0.1) is 18.6 Å². The first kappa shape index (κ1) is 10.1. The molecule has 15 heavy (non-hydrogen) atoms. The van der Waals surface area contributed by atoms with Gasteiger partial charge in [-0.15, -0.1) is 11.3 Å². The molecule has 0 atom stereocenters. The number of thiophene rings is 1.